The summed E-state index contributed by atoms with van der Waals surface area (Å²) >= 11 is 11.9. The Hall–Kier alpha value is -1.87. The second-order valence-corrected chi connectivity index (χ2v) is 8.74. The minimum absolute atomic E-state index is 0.0221. The van der Waals surface area contributed by atoms with Gasteiger partial charge in [-0.05, 0) is 29.8 Å². The zero-order valence-corrected chi connectivity index (χ0v) is 16.6. The van der Waals surface area contributed by atoms with Crippen LogP contribution in [0.5, 0.6) is 0 Å². The zero-order chi connectivity index (χ0) is 19.4. The number of urea groups is 1. The molecule has 27 heavy (non-hydrogen) atoms. The van der Waals surface area contributed by atoms with Crippen molar-refractivity contribution in [1.82, 2.24) is 19.5 Å². The normalized spacial score (nSPS) is 15.6. The Bertz CT molecular complexity index is 917. The summed E-state index contributed by atoms with van der Waals surface area (Å²) in [5.74, 6) is 0. The summed E-state index contributed by atoms with van der Waals surface area (Å²) in [4.78, 5) is 17.8. The van der Waals surface area contributed by atoms with Crippen molar-refractivity contribution in [1.29, 1.82) is 0 Å². The number of piperazine rings is 1. The Morgan fingerprint density at radius 3 is 2.56 bits per heavy atom. The number of carbonyl (C=O) groups is 1. The number of rotatable bonds is 4. The highest BCUT2D eigenvalue weighted by molar-refractivity contribution is 7.89. The fourth-order valence-corrected chi connectivity index (χ4v) is 4.90. The Morgan fingerprint density at radius 1 is 1.15 bits per heavy atom. The van der Waals surface area contributed by atoms with E-state index in [1.54, 1.807) is 23.4 Å². The molecule has 0 saturated carbocycles. The number of halogens is 2. The van der Waals surface area contributed by atoms with E-state index < -0.39 is 10.0 Å². The molecule has 1 aliphatic rings. The molecular weight excluding hydrogens is 411 g/mol. The van der Waals surface area contributed by atoms with Crippen molar-refractivity contribution in [2.45, 2.75) is 11.4 Å². The van der Waals surface area contributed by atoms with Gasteiger partial charge in [0.25, 0.3) is 0 Å². The maximum Gasteiger partial charge on any atom is 0.317 e. The number of carbonyl (C=O) groups excluding carboxylic acids is 1. The highest BCUT2D eigenvalue weighted by atomic mass is 35.5. The maximum absolute atomic E-state index is 12.8. The van der Waals surface area contributed by atoms with Gasteiger partial charge >= 0.3 is 6.03 Å². The molecule has 1 aliphatic heterocycles. The molecule has 1 saturated heterocycles. The maximum atomic E-state index is 12.8. The van der Waals surface area contributed by atoms with Gasteiger partial charge in [-0.2, -0.15) is 4.31 Å². The highest BCUT2D eigenvalue weighted by Gasteiger charge is 2.31. The first kappa shape index (κ1) is 19.9. The van der Waals surface area contributed by atoms with Crippen molar-refractivity contribution >= 4 is 39.3 Å². The van der Waals surface area contributed by atoms with Gasteiger partial charge < -0.3 is 10.2 Å². The van der Waals surface area contributed by atoms with Crippen LogP contribution in [0.4, 0.5) is 4.79 Å². The number of nitrogens with zero attached hydrogens (tertiary/aromatic N) is 3. The monoisotopic (exact) mass is 428 g/mol. The molecule has 7 nitrogen and oxygen atoms in total. The summed E-state index contributed by atoms with van der Waals surface area (Å²) in [6.45, 7) is 1.31. The van der Waals surface area contributed by atoms with Gasteiger partial charge in [-0.25, -0.2) is 13.2 Å². The van der Waals surface area contributed by atoms with Crippen molar-refractivity contribution in [2.75, 3.05) is 26.2 Å². The van der Waals surface area contributed by atoms with E-state index in [1.807, 2.05) is 6.07 Å². The van der Waals surface area contributed by atoms with Gasteiger partial charge in [0.1, 0.15) is 4.90 Å². The molecule has 1 aromatic carbocycles. The van der Waals surface area contributed by atoms with Crippen LogP contribution in [-0.2, 0) is 16.6 Å². The van der Waals surface area contributed by atoms with Crippen molar-refractivity contribution in [3.05, 3.63) is 58.3 Å². The van der Waals surface area contributed by atoms with E-state index in [1.165, 1.54) is 22.5 Å². The molecule has 0 atom stereocenters. The summed E-state index contributed by atoms with van der Waals surface area (Å²) < 4.78 is 26.9. The largest absolute Gasteiger partial charge is 0.334 e. The second kappa shape index (κ2) is 8.43. The van der Waals surface area contributed by atoms with E-state index in [-0.39, 0.29) is 42.1 Å². The van der Waals surface area contributed by atoms with E-state index in [0.717, 1.165) is 5.56 Å². The topological polar surface area (TPSA) is 82.6 Å². The van der Waals surface area contributed by atoms with Crippen LogP contribution in [0.1, 0.15) is 5.56 Å². The molecule has 1 aromatic heterocycles. The quantitative estimate of drug-likeness (QED) is 0.810. The Kier molecular flexibility index (Phi) is 6.21. The number of pyridine rings is 1. The lowest BCUT2D eigenvalue weighted by Gasteiger charge is -2.34. The van der Waals surface area contributed by atoms with Gasteiger partial charge in [-0.15, -0.1) is 0 Å². The van der Waals surface area contributed by atoms with E-state index in [4.69, 9.17) is 23.2 Å². The molecule has 1 N–H and O–H groups in total. The van der Waals surface area contributed by atoms with Crippen molar-refractivity contribution in [3.63, 3.8) is 0 Å². The molecule has 1 fully saturated rings. The van der Waals surface area contributed by atoms with Gasteiger partial charge in [0.15, 0.2) is 0 Å². The van der Waals surface area contributed by atoms with Gasteiger partial charge in [0.05, 0.1) is 5.02 Å². The minimum Gasteiger partial charge on any atom is -0.334 e. The summed E-state index contributed by atoms with van der Waals surface area (Å²) in [5.41, 5.74) is 0.891. The van der Waals surface area contributed by atoms with E-state index >= 15 is 0 Å². The summed E-state index contributed by atoms with van der Waals surface area (Å²) in [6.07, 6.45) is 3.34. The number of aromatic nitrogens is 1. The average molecular weight is 429 g/mol. The average Bonchev–Trinajstić information content (AvgIpc) is 2.68. The van der Waals surface area contributed by atoms with Gasteiger partial charge in [0.2, 0.25) is 10.0 Å². The Labute approximate surface area is 167 Å². The minimum atomic E-state index is -3.77. The standard InChI is InChI=1S/C17H18Cl2N4O3S/c18-14-3-4-15(19)16(10-14)27(25,26)23-8-6-22(7-9-23)17(24)21-12-13-2-1-5-20-11-13/h1-5,10-11H,6-9,12H2,(H,21,24). The second-order valence-electron chi connectivity index (χ2n) is 5.99. The third-order valence-electron chi connectivity index (χ3n) is 4.20. The summed E-state index contributed by atoms with van der Waals surface area (Å²) in [7, 11) is -3.77. The van der Waals surface area contributed by atoms with Crippen LogP contribution in [0.3, 0.4) is 0 Å². The Morgan fingerprint density at radius 2 is 1.89 bits per heavy atom. The molecule has 2 amide bonds. The van der Waals surface area contributed by atoms with Crippen molar-refractivity contribution in [3.8, 4) is 0 Å². The third-order valence-corrected chi connectivity index (χ3v) is 6.82. The number of amides is 2. The molecule has 0 unspecified atom stereocenters. The molecule has 144 valence electrons. The van der Waals surface area contributed by atoms with E-state index in [9.17, 15) is 13.2 Å². The lowest BCUT2D eigenvalue weighted by molar-refractivity contribution is 0.172. The van der Waals surface area contributed by atoms with Crippen LogP contribution in [-0.4, -0.2) is 54.8 Å². The van der Waals surface area contributed by atoms with E-state index in [2.05, 4.69) is 10.3 Å². The molecule has 3 rings (SSSR count). The lowest BCUT2D eigenvalue weighted by atomic mass is 10.3. The first-order chi connectivity index (χ1) is 12.9. The smallest absolute Gasteiger partial charge is 0.317 e. The van der Waals surface area contributed by atoms with Gasteiger partial charge in [0, 0.05) is 50.1 Å². The number of nitrogens with one attached hydrogen (secondary N) is 1. The first-order valence-electron chi connectivity index (χ1n) is 8.25. The molecule has 2 heterocycles. The molecule has 10 heteroatoms. The molecule has 0 spiro atoms. The number of benzene rings is 1. The van der Waals surface area contributed by atoms with E-state index in [0.29, 0.717) is 11.6 Å². The summed E-state index contributed by atoms with van der Waals surface area (Å²) in [5, 5.41) is 3.23. The highest BCUT2D eigenvalue weighted by Crippen LogP contribution is 2.28. The zero-order valence-electron chi connectivity index (χ0n) is 14.3. The molecule has 0 bridgehead atoms. The first-order valence-corrected chi connectivity index (χ1v) is 10.4. The van der Waals surface area contributed by atoms with Crippen LogP contribution in [0, 0.1) is 0 Å². The number of hydrogen-bond donors (Lipinski definition) is 1. The summed E-state index contributed by atoms with van der Waals surface area (Å²) in [6, 6.07) is 7.76. The predicted octanol–water partition coefficient (Wildman–Crippen LogP) is 2.60. The van der Waals surface area contributed by atoms with Crippen LogP contribution >= 0.6 is 23.2 Å². The number of sulfonamides is 1. The third kappa shape index (κ3) is 4.70. The fourth-order valence-electron chi connectivity index (χ4n) is 2.74. The van der Waals surface area contributed by atoms with Crippen LogP contribution < -0.4 is 5.32 Å². The van der Waals surface area contributed by atoms with Gasteiger partial charge in [-0.1, -0.05) is 29.3 Å². The molecule has 2 aromatic rings. The van der Waals surface area contributed by atoms with Crippen LogP contribution in [0.15, 0.2) is 47.6 Å². The van der Waals surface area contributed by atoms with Gasteiger partial charge in [-0.3, -0.25) is 4.98 Å². The predicted molar refractivity (Wildman–Crippen MR) is 103 cm³/mol. The van der Waals surface area contributed by atoms with Crippen molar-refractivity contribution < 1.29 is 13.2 Å². The van der Waals surface area contributed by atoms with Crippen LogP contribution in [0.25, 0.3) is 0 Å². The molecule has 0 radical (unpaired) electrons. The van der Waals surface area contributed by atoms with Crippen molar-refractivity contribution in [2.24, 2.45) is 0 Å². The fraction of sp³-hybridized carbons (Fsp3) is 0.294. The Balaban J connectivity index is 1.59. The molecule has 0 aliphatic carbocycles. The SMILES string of the molecule is O=C(NCc1cccnc1)N1CCN(S(=O)(=O)c2cc(Cl)ccc2Cl)CC1. The number of hydrogen-bond acceptors (Lipinski definition) is 4. The molecular formula is C17H18Cl2N4O3S. The van der Waals surface area contributed by atoms with Crippen LogP contribution in [0.2, 0.25) is 10.0 Å². The lowest BCUT2D eigenvalue weighted by Crippen LogP contribution is -2.53.